The molecular weight excluding hydrogens is 492 g/mol. The lowest BCUT2D eigenvalue weighted by Gasteiger charge is -2.60. The third-order valence-electron chi connectivity index (χ3n) is 9.18. The molecule has 0 aromatic heterocycles. The Balaban J connectivity index is 1.34. The average molecular weight is 527 g/mol. The molecule has 0 radical (unpaired) electrons. The van der Waals surface area contributed by atoms with Crippen LogP contribution in [0.2, 0.25) is 0 Å². The van der Waals surface area contributed by atoms with E-state index in [4.69, 9.17) is 14.2 Å². The third kappa shape index (κ3) is 4.09. The van der Waals surface area contributed by atoms with E-state index in [1.54, 1.807) is 12.0 Å². The molecule has 1 amide bonds. The number of methoxy groups -OCH3 is 1. The van der Waals surface area contributed by atoms with E-state index in [-0.39, 0.29) is 35.5 Å². The van der Waals surface area contributed by atoms with Crippen LogP contribution in [0.15, 0.2) is 54.8 Å². The maximum Gasteiger partial charge on any atom is 0.307 e. The number of hydrogen-bond acceptors (Lipinski definition) is 6. The number of benzene rings is 2. The van der Waals surface area contributed by atoms with Crippen molar-refractivity contribution in [2.75, 3.05) is 27.2 Å². The van der Waals surface area contributed by atoms with E-state index in [2.05, 4.69) is 29.4 Å². The minimum Gasteiger partial charge on any atom is -0.493 e. The Labute approximate surface area is 229 Å². The zero-order chi connectivity index (χ0) is 27.3. The highest BCUT2D eigenvalue weighted by Gasteiger charge is 2.66. The molecule has 2 fully saturated rings. The Morgan fingerprint density at radius 2 is 2.00 bits per heavy atom. The molecule has 7 nitrogen and oxygen atoms in total. The molecule has 2 aliphatic heterocycles. The van der Waals surface area contributed by atoms with Crippen molar-refractivity contribution in [1.82, 2.24) is 9.80 Å². The van der Waals surface area contributed by atoms with Gasteiger partial charge in [0.15, 0.2) is 11.5 Å². The van der Waals surface area contributed by atoms with Gasteiger partial charge in [-0.3, -0.25) is 14.5 Å². The molecule has 0 unspecified atom stereocenters. The van der Waals surface area contributed by atoms with Gasteiger partial charge in [-0.1, -0.05) is 36.8 Å². The Kier molecular flexibility index (Phi) is 6.39. The van der Waals surface area contributed by atoms with E-state index < -0.39 is 0 Å². The van der Waals surface area contributed by atoms with Gasteiger partial charge in [0, 0.05) is 42.5 Å². The summed E-state index contributed by atoms with van der Waals surface area (Å²) < 4.78 is 17.9. The van der Waals surface area contributed by atoms with Crippen LogP contribution in [0.5, 0.6) is 11.5 Å². The van der Waals surface area contributed by atoms with Gasteiger partial charge in [0.25, 0.3) is 5.91 Å². The number of nitrogens with zero attached hydrogens (tertiary/aromatic N) is 2. The molecule has 4 aliphatic rings. The number of carbonyl (C=O) groups excluding carboxylic acids is 2. The Bertz CT molecular complexity index is 1390. The number of carbonyl (C=O) groups is 2. The van der Waals surface area contributed by atoms with E-state index in [0.717, 1.165) is 49.3 Å². The first-order chi connectivity index (χ1) is 18.8. The van der Waals surface area contributed by atoms with Crippen LogP contribution >= 0.6 is 0 Å². The SMILES string of the molecule is C=C(CN1CC[C@]23c4c5ccc(OC)c4O[C@H]2[C@@H](N(C)C(=O)C#Cc2ccccc2)CC[C@H]3[C@H]1C5)OC(C)=O. The van der Waals surface area contributed by atoms with E-state index in [0.29, 0.717) is 18.2 Å². The number of rotatable bonds is 5. The summed E-state index contributed by atoms with van der Waals surface area (Å²) in [4.78, 5) is 29.0. The normalized spacial score (nSPS) is 27.8. The van der Waals surface area contributed by atoms with Crippen molar-refractivity contribution in [2.45, 2.75) is 56.2 Å². The number of likely N-dealkylation sites (N-methyl/N-ethyl adjacent to an activating group) is 1. The Hall–Kier alpha value is -3.76. The van der Waals surface area contributed by atoms with Crippen LogP contribution in [0.3, 0.4) is 0 Å². The maximum absolute atomic E-state index is 13.3. The van der Waals surface area contributed by atoms with Crippen molar-refractivity contribution in [1.29, 1.82) is 0 Å². The molecule has 0 N–H and O–H groups in total. The number of piperidine rings is 1. The van der Waals surface area contributed by atoms with Crippen molar-refractivity contribution in [3.05, 3.63) is 71.5 Å². The summed E-state index contributed by atoms with van der Waals surface area (Å²) in [6.45, 7) is 6.76. The molecule has 5 atom stereocenters. The second-order valence-corrected chi connectivity index (χ2v) is 11.1. The molecule has 2 aromatic rings. The summed E-state index contributed by atoms with van der Waals surface area (Å²) in [6.07, 6.45) is 3.38. The zero-order valence-electron chi connectivity index (χ0n) is 22.7. The summed E-state index contributed by atoms with van der Waals surface area (Å²) >= 11 is 0. The predicted molar refractivity (Wildman–Crippen MR) is 146 cm³/mol. The van der Waals surface area contributed by atoms with E-state index in [1.807, 2.05) is 43.4 Å². The molecule has 1 spiro atoms. The molecule has 7 heteroatoms. The second-order valence-electron chi connectivity index (χ2n) is 11.1. The first-order valence-electron chi connectivity index (χ1n) is 13.6. The summed E-state index contributed by atoms with van der Waals surface area (Å²) in [5.74, 6) is 7.74. The first kappa shape index (κ1) is 25.5. The number of amides is 1. The highest BCUT2D eigenvalue weighted by atomic mass is 16.5. The van der Waals surface area contributed by atoms with Gasteiger partial charge in [0.1, 0.15) is 11.9 Å². The summed E-state index contributed by atoms with van der Waals surface area (Å²) in [5, 5.41) is 0. The van der Waals surface area contributed by atoms with Crippen LogP contribution in [-0.4, -0.2) is 67.1 Å². The maximum atomic E-state index is 13.3. The highest BCUT2D eigenvalue weighted by Crippen LogP contribution is 2.64. The first-order valence-corrected chi connectivity index (χ1v) is 13.6. The van der Waals surface area contributed by atoms with Gasteiger partial charge in [-0.2, -0.15) is 0 Å². The Morgan fingerprint density at radius 1 is 1.21 bits per heavy atom. The van der Waals surface area contributed by atoms with Gasteiger partial charge in [-0.05, 0) is 61.9 Å². The number of ether oxygens (including phenoxy) is 3. The third-order valence-corrected chi connectivity index (χ3v) is 9.18. The van der Waals surface area contributed by atoms with Crippen LogP contribution in [0.4, 0.5) is 0 Å². The molecule has 39 heavy (non-hydrogen) atoms. The van der Waals surface area contributed by atoms with Crippen molar-refractivity contribution in [3.63, 3.8) is 0 Å². The lowest BCUT2D eigenvalue weighted by Crippen LogP contribution is -2.69. The van der Waals surface area contributed by atoms with E-state index >= 15 is 0 Å². The lowest BCUT2D eigenvalue weighted by molar-refractivity contribution is -0.139. The molecule has 2 bridgehead atoms. The zero-order valence-corrected chi connectivity index (χ0v) is 22.7. The van der Waals surface area contributed by atoms with Gasteiger partial charge in [-0.15, -0.1) is 0 Å². The van der Waals surface area contributed by atoms with Gasteiger partial charge < -0.3 is 19.1 Å². The topological polar surface area (TPSA) is 68.3 Å². The summed E-state index contributed by atoms with van der Waals surface area (Å²) in [5.41, 5.74) is 3.15. The smallest absolute Gasteiger partial charge is 0.307 e. The lowest BCUT2D eigenvalue weighted by atomic mass is 9.51. The second kappa shape index (κ2) is 9.77. The van der Waals surface area contributed by atoms with Gasteiger partial charge in [-0.25, -0.2) is 0 Å². The van der Waals surface area contributed by atoms with Crippen molar-refractivity contribution in [2.24, 2.45) is 5.92 Å². The molecule has 1 saturated heterocycles. The number of hydrogen-bond donors (Lipinski definition) is 0. The predicted octanol–water partition coefficient (Wildman–Crippen LogP) is 3.69. The highest BCUT2D eigenvalue weighted by molar-refractivity contribution is 5.94. The fourth-order valence-corrected chi connectivity index (χ4v) is 7.69. The van der Waals surface area contributed by atoms with Crippen LogP contribution in [0.1, 0.15) is 42.9 Å². The largest absolute Gasteiger partial charge is 0.493 e. The van der Waals surface area contributed by atoms with Crippen LogP contribution < -0.4 is 9.47 Å². The monoisotopic (exact) mass is 526 g/mol. The van der Waals surface area contributed by atoms with Crippen molar-refractivity contribution in [3.8, 4) is 23.3 Å². The van der Waals surface area contributed by atoms with Crippen molar-refractivity contribution < 1.29 is 23.8 Å². The van der Waals surface area contributed by atoms with Gasteiger partial charge in [0.2, 0.25) is 0 Å². The standard InChI is InChI=1S/C32H34N2O5/c1-20(38-21(2)35)19-34-17-16-32-24-12-13-25(33(3)28(36)15-10-22-8-6-5-7-9-22)31(32)39-30-27(37-4)14-11-23(29(30)32)18-26(24)34/h5-9,11,14,24-26,31H,1,12-13,16-19H2,2-4H3/t24-,25-,26+,31-,32-/m0/s1. The minimum absolute atomic E-state index is 0.106. The summed E-state index contributed by atoms with van der Waals surface area (Å²) in [7, 11) is 3.53. The van der Waals surface area contributed by atoms with Crippen LogP contribution in [-0.2, 0) is 26.2 Å². The van der Waals surface area contributed by atoms with Gasteiger partial charge >= 0.3 is 5.97 Å². The van der Waals surface area contributed by atoms with Crippen LogP contribution in [0, 0.1) is 17.8 Å². The molecule has 2 heterocycles. The fourth-order valence-electron chi connectivity index (χ4n) is 7.69. The minimum atomic E-state index is -0.341. The molecule has 6 rings (SSSR count). The molecular formula is C32H34N2O5. The molecule has 1 saturated carbocycles. The molecule has 202 valence electrons. The van der Waals surface area contributed by atoms with Crippen LogP contribution in [0.25, 0.3) is 0 Å². The van der Waals surface area contributed by atoms with Gasteiger partial charge in [0.05, 0.1) is 19.7 Å². The number of esters is 1. The van der Waals surface area contributed by atoms with Crippen molar-refractivity contribution >= 4 is 11.9 Å². The average Bonchev–Trinajstić information content (AvgIpc) is 3.27. The Morgan fingerprint density at radius 3 is 2.74 bits per heavy atom. The van der Waals surface area contributed by atoms with E-state index in [1.165, 1.54) is 18.1 Å². The molecule has 2 aromatic carbocycles. The fraction of sp³-hybridized carbons (Fsp3) is 0.438. The quantitative estimate of drug-likeness (QED) is 0.336. The molecule has 2 aliphatic carbocycles. The number of likely N-dealkylation sites (tertiary alicyclic amines) is 1. The summed E-state index contributed by atoms with van der Waals surface area (Å²) in [6, 6.07) is 13.9. The van der Waals surface area contributed by atoms with E-state index in [9.17, 15) is 9.59 Å².